The van der Waals surface area contributed by atoms with Crippen LogP contribution in [0.2, 0.25) is 0 Å². The molecule has 0 radical (unpaired) electrons. The zero-order chi connectivity index (χ0) is 19.3. The summed E-state index contributed by atoms with van der Waals surface area (Å²) in [6.45, 7) is -6.82. The van der Waals surface area contributed by atoms with E-state index in [1.165, 1.54) is 10.9 Å². The van der Waals surface area contributed by atoms with E-state index in [2.05, 4.69) is 15.0 Å². The lowest BCUT2D eigenvalue weighted by molar-refractivity contribution is -0.0432. The maximum Gasteiger partial charge on any atom is 0.247 e. The molecular formula is C12H17N5O5. The van der Waals surface area contributed by atoms with Gasteiger partial charge in [-0.05, 0) is 0 Å². The molecule has 3 rings (SSSR count). The molecule has 0 saturated carbocycles. The molecule has 10 nitrogen and oxygen atoms in total. The second-order valence-corrected chi connectivity index (χ2v) is 4.64. The van der Waals surface area contributed by atoms with Crippen molar-refractivity contribution in [3.8, 4) is 5.88 Å². The summed E-state index contributed by atoms with van der Waals surface area (Å²) >= 11 is 0. The number of rotatable bonds is 5. The maximum atomic E-state index is 9.86. The third-order valence-corrected chi connectivity index (χ3v) is 3.29. The highest BCUT2D eigenvalue weighted by Gasteiger charge is 2.35. The van der Waals surface area contributed by atoms with Gasteiger partial charge in [0.1, 0.15) is 18.9 Å². The first kappa shape index (κ1) is 10.7. The number of imidazole rings is 1. The molecule has 1 fully saturated rings. The predicted molar refractivity (Wildman–Crippen MR) is 73.9 cm³/mol. The highest BCUT2D eigenvalue weighted by Crippen LogP contribution is 2.32. The van der Waals surface area contributed by atoms with E-state index >= 15 is 0 Å². The molecule has 0 aliphatic carbocycles. The number of nitrogen functional groups attached to an aromatic ring is 1. The molecule has 1 aliphatic rings. The molecule has 10 heteroatoms. The van der Waals surface area contributed by atoms with E-state index in [0.29, 0.717) is 0 Å². The number of ether oxygens (including phenoxy) is 2. The van der Waals surface area contributed by atoms with Gasteiger partial charge in [0, 0.05) is 6.42 Å². The van der Waals surface area contributed by atoms with Crippen molar-refractivity contribution in [3.63, 3.8) is 0 Å². The van der Waals surface area contributed by atoms with Crippen LogP contribution in [0.25, 0.3) is 11.2 Å². The van der Waals surface area contributed by atoms with Gasteiger partial charge in [0.25, 0.3) is 0 Å². The molecular weight excluding hydrogens is 294 g/mol. The van der Waals surface area contributed by atoms with Crippen molar-refractivity contribution in [1.29, 1.82) is 0 Å². The summed E-state index contributed by atoms with van der Waals surface area (Å²) in [4.78, 5) is 11.7. The lowest BCUT2D eigenvalue weighted by Gasteiger charge is -2.13. The van der Waals surface area contributed by atoms with E-state index in [-0.39, 0.29) is 30.1 Å². The summed E-state index contributed by atoms with van der Waals surface area (Å²) < 4.78 is 41.0. The van der Waals surface area contributed by atoms with Gasteiger partial charge in [-0.15, -0.1) is 0 Å². The van der Waals surface area contributed by atoms with Gasteiger partial charge < -0.3 is 30.5 Å². The van der Waals surface area contributed by atoms with Crippen molar-refractivity contribution in [2.45, 2.75) is 24.9 Å². The predicted octanol–water partition coefficient (Wildman–Crippen LogP) is -1.58. The van der Waals surface area contributed by atoms with Crippen molar-refractivity contribution < 1.29 is 30.3 Å². The van der Waals surface area contributed by atoms with E-state index in [4.69, 9.17) is 20.7 Å². The van der Waals surface area contributed by atoms with Crippen LogP contribution in [0.4, 0.5) is 5.95 Å². The van der Waals surface area contributed by atoms with E-state index in [1.807, 2.05) is 0 Å². The number of nitrogens with zero attached hydrogens (tertiary/aromatic N) is 4. The van der Waals surface area contributed by atoms with E-state index < -0.39 is 37.4 Å². The van der Waals surface area contributed by atoms with Crippen LogP contribution in [0.1, 0.15) is 18.1 Å². The minimum absolute atomic E-state index is 0.0436. The SMILES string of the molecule is [2H]C([2H])(O)C([2H])([2H])Oc1nc(N)nc2c1ncn2[C@@H]1C[C@H](O)[C@H](CO)O1. The van der Waals surface area contributed by atoms with Gasteiger partial charge in [0.05, 0.1) is 31.1 Å². The molecule has 3 atom stereocenters. The van der Waals surface area contributed by atoms with Crippen molar-refractivity contribution >= 4 is 17.1 Å². The van der Waals surface area contributed by atoms with Gasteiger partial charge in [-0.3, -0.25) is 4.57 Å². The zero-order valence-electron chi connectivity index (χ0n) is 15.2. The first-order valence-electron chi connectivity index (χ1n) is 8.39. The Morgan fingerprint density at radius 3 is 3.00 bits per heavy atom. The number of aliphatic hydroxyl groups excluding tert-OH is 2. The van der Waals surface area contributed by atoms with E-state index in [1.54, 1.807) is 0 Å². The third kappa shape index (κ3) is 2.57. The van der Waals surface area contributed by atoms with Gasteiger partial charge in [0.2, 0.25) is 11.8 Å². The molecule has 0 aromatic carbocycles. The number of hydrogen-bond acceptors (Lipinski definition) is 9. The molecule has 1 aliphatic heterocycles. The summed E-state index contributed by atoms with van der Waals surface area (Å²) in [5.41, 5.74) is 5.66. The highest BCUT2D eigenvalue weighted by atomic mass is 16.5. The molecule has 0 amide bonds. The summed E-state index contributed by atoms with van der Waals surface area (Å²) in [6.07, 6.45) is -0.950. The molecule has 5 N–H and O–H groups in total. The first-order valence-corrected chi connectivity index (χ1v) is 6.39. The van der Waals surface area contributed by atoms with E-state index in [0.717, 1.165) is 0 Å². The summed E-state index contributed by atoms with van der Waals surface area (Å²) in [5, 5.41) is 28.3. The van der Waals surface area contributed by atoms with Gasteiger partial charge in [0.15, 0.2) is 11.2 Å². The molecule has 0 bridgehead atoms. The standard InChI is InChI=1S/C12H17N5O5/c13-12-15-10-9(11(16-12)21-2-1-18)14-5-17(10)8-3-6(20)7(4-19)22-8/h5-8,18-20H,1-4H2,(H2,13,15,16)/t6-,7-,8-/m0/s1/i1D2,2D2. The third-order valence-electron chi connectivity index (χ3n) is 3.29. The summed E-state index contributed by atoms with van der Waals surface area (Å²) in [7, 11) is 0. The highest BCUT2D eigenvalue weighted by molar-refractivity contribution is 5.77. The Bertz CT molecular complexity index is 813. The fourth-order valence-electron chi connectivity index (χ4n) is 2.31. The smallest absolute Gasteiger partial charge is 0.247 e. The van der Waals surface area contributed by atoms with Crippen LogP contribution >= 0.6 is 0 Å². The number of nitrogens with two attached hydrogens (primary N) is 1. The quantitative estimate of drug-likeness (QED) is 0.512. The van der Waals surface area contributed by atoms with Crippen LogP contribution in [0.5, 0.6) is 5.88 Å². The average Bonchev–Trinajstić information content (AvgIpc) is 3.08. The Morgan fingerprint density at radius 1 is 1.50 bits per heavy atom. The van der Waals surface area contributed by atoms with Gasteiger partial charge in [-0.25, -0.2) is 4.98 Å². The molecule has 2 aromatic rings. The van der Waals surface area contributed by atoms with Crippen molar-refractivity contribution in [2.75, 3.05) is 25.5 Å². The monoisotopic (exact) mass is 315 g/mol. The number of aromatic nitrogens is 4. The zero-order valence-corrected chi connectivity index (χ0v) is 11.2. The first-order chi connectivity index (χ1) is 12.0. The minimum Gasteiger partial charge on any atom is -0.474 e. The van der Waals surface area contributed by atoms with Crippen molar-refractivity contribution in [1.82, 2.24) is 19.5 Å². The Hall–Kier alpha value is -2.01. The van der Waals surface area contributed by atoms with Gasteiger partial charge >= 0.3 is 0 Å². The normalized spacial score (nSPS) is 29.0. The molecule has 22 heavy (non-hydrogen) atoms. The van der Waals surface area contributed by atoms with Crippen LogP contribution in [0.15, 0.2) is 6.33 Å². The lowest BCUT2D eigenvalue weighted by Crippen LogP contribution is -2.24. The average molecular weight is 315 g/mol. The summed E-state index contributed by atoms with van der Waals surface area (Å²) in [6, 6.07) is 0. The molecule has 1 saturated heterocycles. The Balaban J connectivity index is 2.00. The largest absolute Gasteiger partial charge is 0.474 e. The van der Waals surface area contributed by atoms with E-state index in [9.17, 15) is 15.3 Å². The van der Waals surface area contributed by atoms with Crippen LogP contribution in [-0.4, -0.2) is 66.8 Å². The lowest BCUT2D eigenvalue weighted by atomic mass is 10.2. The Labute approximate surface area is 130 Å². The number of fused-ring (bicyclic) bond motifs is 1. The van der Waals surface area contributed by atoms with Crippen LogP contribution in [-0.2, 0) is 4.74 Å². The van der Waals surface area contributed by atoms with Crippen LogP contribution in [0, 0.1) is 0 Å². The molecule has 3 heterocycles. The number of hydrogen-bond donors (Lipinski definition) is 4. The van der Waals surface area contributed by atoms with Crippen molar-refractivity contribution in [2.24, 2.45) is 0 Å². The number of aliphatic hydroxyl groups is 3. The fourth-order valence-corrected chi connectivity index (χ4v) is 2.31. The second-order valence-electron chi connectivity index (χ2n) is 4.64. The Morgan fingerprint density at radius 2 is 2.32 bits per heavy atom. The van der Waals surface area contributed by atoms with Gasteiger partial charge in [-0.2, -0.15) is 9.97 Å². The molecule has 0 unspecified atom stereocenters. The Kier molecular flexibility index (Phi) is 2.91. The fraction of sp³-hybridized carbons (Fsp3) is 0.583. The molecule has 120 valence electrons. The molecule has 0 spiro atoms. The van der Waals surface area contributed by atoms with Crippen molar-refractivity contribution in [3.05, 3.63) is 6.33 Å². The minimum atomic E-state index is -3.31. The topological polar surface area (TPSA) is 149 Å². The second kappa shape index (κ2) is 6.01. The maximum absolute atomic E-state index is 9.86. The molecule has 2 aromatic heterocycles. The van der Waals surface area contributed by atoms with Crippen LogP contribution < -0.4 is 10.5 Å². The van der Waals surface area contributed by atoms with Crippen LogP contribution in [0.3, 0.4) is 0 Å². The number of anilines is 1. The summed E-state index contributed by atoms with van der Waals surface area (Å²) in [5.74, 6) is -0.771. The van der Waals surface area contributed by atoms with Gasteiger partial charge in [-0.1, -0.05) is 0 Å².